The largest absolute Gasteiger partial charge is 0.486 e. The second-order valence-corrected chi connectivity index (χ2v) is 11.4. The van der Waals surface area contributed by atoms with Gasteiger partial charge in [-0.3, -0.25) is 13.9 Å². The highest BCUT2D eigenvalue weighted by molar-refractivity contribution is 9.10. The molecule has 0 spiro atoms. The molecule has 1 N–H and O–H groups in total. The third-order valence-electron chi connectivity index (χ3n) is 5.33. The van der Waals surface area contributed by atoms with Gasteiger partial charge in [-0.25, -0.2) is 8.42 Å². The van der Waals surface area contributed by atoms with E-state index in [2.05, 4.69) is 21.2 Å². The molecular formula is C24H30BrN3O6S. The number of anilines is 1. The van der Waals surface area contributed by atoms with E-state index >= 15 is 0 Å². The van der Waals surface area contributed by atoms with Gasteiger partial charge in [0.1, 0.15) is 25.8 Å². The zero-order chi connectivity index (χ0) is 25.8. The molecule has 1 heterocycles. The fraction of sp³-hybridized carbons (Fsp3) is 0.417. The highest BCUT2D eigenvalue weighted by Crippen LogP contribution is 2.34. The first kappa shape index (κ1) is 26.8. The van der Waals surface area contributed by atoms with E-state index in [4.69, 9.17) is 9.47 Å². The predicted molar refractivity (Wildman–Crippen MR) is 137 cm³/mol. The lowest BCUT2D eigenvalue weighted by atomic mass is 10.1. The maximum atomic E-state index is 13.6. The lowest BCUT2D eigenvalue weighted by Gasteiger charge is -2.32. The normalized spacial score (nSPS) is 13.8. The maximum absolute atomic E-state index is 13.6. The Kier molecular flexibility index (Phi) is 8.65. The van der Waals surface area contributed by atoms with Crippen LogP contribution in [0.2, 0.25) is 0 Å². The zero-order valence-corrected chi connectivity index (χ0v) is 22.6. The topological polar surface area (TPSA) is 105 Å². The van der Waals surface area contributed by atoms with Crippen molar-refractivity contribution < 1.29 is 27.5 Å². The Hall–Kier alpha value is -2.79. The first-order valence-electron chi connectivity index (χ1n) is 11.2. The number of benzene rings is 2. The highest BCUT2D eigenvalue weighted by atomic mass is 79.9. The molecule has 2 amide bonds. The Balaban J connectivity index is 1.92. The number of amides is 2. The van der Waals surface area contributed by atoms with E-state index in [0.29, 0.717) is 24.7 Å². The quantitative estimate of drug-likeness (QED) is 0.499. The number of carbonyl (C=O) groups is 2. The van der Waals surface area contributed by atoms with Gasteiger partial charge in [-0.05, 0) is 50.6 Å². The van der Waals surface area contributed by atoms with Crippen molar-refractivity contribution >= 4 is 43.5 Å². The number of fused-ring (bicyclic) bond motifs is 1. The number of carbonyl (C=O) groups excluding carboxylic acids is 2. The number of rotatable bonds is 9. The summed E-state index contributed by atoms with van der Waals surface area (Å²) in [5.74, 6) is 0.0748. The van der Waals surface area contributed by atoms with Gasteiger partial charge in [-0.15, -0.1) is 0 Å². The minimum atomic E-state index is -3.84. The molecule has 0 fully saturated rings. The first-order valence-corrected chi connectivity index (χ1v) is 13.8. The van der Waals surface area contributed by atoms with Crippen LogP contribution in [0.3, 0.4) is 0 Å². The molecule has 3 rings (SSSR count). The third kappa shape index (κ3) is 7.11. The predicted octanol–water partition coefficient (Wildman–Crippen LogP) is 2.93. The number of hydrogen-bond donors (Lipinski definition) is 1. The van der Waals surface area contributed by atoms with E-state index < -0.39 is 28.5 Å². The molecule has 0 radical (unpaired) electrons. The van der Waals surface area contributed by atoms with Crippen LogP contribution in [0, 0.1) is 0 Å². The summed E-state index contributed by atoms with van der Waals surface area (Å²) >= 11 is 3.42. The van der Waals surface area contributed by atoms with Gasteiger partial charge in [0.25, 0.3) is 0 Å². The Morgan fingerprint density at radius 1 is 1.06 bits per heavy atom. The number of ether oxygens (including phenoxy) is 2. The molecule has 9 nitrogen and oxygen atoms in total. The van der Waals surface area contributed by atoms with E-state index in [0.717, 1.165) is 20.6 Å². The Bertz CT molecular complexity index is 1190. The van der Waals surface area contributed by atoms with Crippen LogP contribution in [0.5, 0.6) is 11.5 Å². The van der Waals surface area contributed by atoms with Gasteiger partial charge in [0.2, 0.25) is 21.8 Å². The fourth-order valence-corrected chi connectivity index (χ4v) is 4.91. The summed E-state index contributed by atoms with van der Waals surface area (Å²) in [4.78, 5) is 27.7. The van der Waals surface area contributed by atoms with Crippen LogP contribution in [-0.2, 0) is 26.2 Å². The summed E-state index contributed by atoms with van der Waals surface area (Å²) in [6, 6.07) is 11.2. The van der Waals surface area contributed by atoms with E-state index in [1.165, 1.54) is 11.0 Å². The molecule has 0 saturated heterocycles. The summed E-state index contributed by atoms with van der Waals surface area (Å²) in [6.07, 6.45) is 1.03. The minimum absolute atomic E-state index is 0.113. The molecule has 0 bridgehead atoms. The van der Waals surface area contributed by atoms with E-state index in [9.17, 15) is 18.0 Å². The molecule has 0 aromatic heterocycles. The summed E-state index contributed by atoms with van der Waals surface area (Å²) in [5, 5.41) is 2.82. The van der Waals surface area contributed by atoms with Gasteiger partial charge in [0.05, 0.1) is 11.9 Å². The molecule has 1 aliphatic rings. The zero-order valence-electron chi connectivity index (χ0n) is 20.2. The number of nitrogens with zero attached hydrogens (tertiary/aromatic N) is 2. The molecular weight excluding hydrogens is 538 g/mol. The van der Waals surface area contributed by atoms with Crippen molar-refractivity contribution in [1.29, 1.82) is 0 Å². The molecule has 11 heteroatoms. The Labute approximate surface area is 214 Å². The van der Waals surface area contributed by atoms with Gasteiger partial charge in [-0.1, -0.05) is 28.1 Å². The maximum Gasteiger partial charge on any atom is 0.244 e. The van der Waals surface area contributed by atoms with Crippen LogP contribution in [0.25, 0.3) is 0 Å². The van der Waals surface area contributed by atoms with Crippen molar-refractivity contribution in [2.75, 3.05) is 30.3 Å². The van der Waals surface area contributed by atoms with E-state index in [1.807, 2.05) is 38.1 Å². The number of nitrogens with one attached hydrogen (secondary N) is 1. The van der Waals surface area contributed by atoms with Crippen LogP contribution in [0.15, 0.2) is 46.9 Å². The molecule has 0 aliphatic carbocycles. The van der Waals surface area contributed by atoms with Gasteiger partial charge < -0.3 is 19.7 Å². The van der Waals surface area contributed by atoms with Crippen molar-refractivity contribution in [3.05, 3.63) is 52.5 Å². The van der Waals surface area contributed by atoms with Gasteiger partial charge in [0, 0.05) is 23.1 Å². The molecule has 2 aromatic carbocycles. The van der Waals surface area contributed by atoms with Gasteiger partial charge in [0.15, 0.2) is 11.5 Å². The smallest absolute Gasteiger partial charge is 0.244 e. The minimum Gasteiger partial charge on any atom is -0.486 e. The monoisotopic (exact) mass is 567 g/mol. The molecule has 1 aliphatic heterocycles. The SMILES string of the molecule is CC(C)NC(=O)C(C)N(Cc1cccc(Br)c1)C(=O)CN(c1ccc2c(c1)OCCO2)S(C)(=O)=O. The van der Waals surface area contributed by atoms with Crippen LogP contribution in [0.4, 0.5) is 5.69 Å². The third-order valence-corrected chi connectivity index (χ3v) is 6.97. The van der Waals surface area contributed by atoms with Crippen molar-refractivity contribution in [2.24, 2.45) is 0 Å². The number of hydrogen-bond acceptors (Lipinski definition) is 6. The summed E-state index contributed by atoms with van der Waals surface area (Å²) in [5.41, 5.74) is 1.06. The van der Waals surface area contributed by atoms with Crippen LogP contribution in [-0.4, -0.2) is 63.2 Å². The second kappa shape index (κ2) is 11.3. The fourth-order valence-electron chi connectivity index (χ4n) is 3.62. The van der Waals surface area contributed by atoms with E-state index in [1.54, 1.807) is 19.1 Å². The van der Waals surface area contributed by atoms with Crippen molar-refractivity contribution in [1.82, 2.24) is 10.2 Å². The lowest BCUT2D eigenvalue weighted by Crippen LogP contribution is -2.52. The van der Waals surface area contributed by atoms with Crippen molar-refractivity contribution in [2.45, 2.75) is 39.4 Å². The molecule has 35 heavy (non-hydrogen) atoms. The Morgan fingerprint density at radius 3 is 2.37 bits per heavy atom. The standard InChI is InChI=1S/C24H30BrN3O6S/c1-16(2)26-24(30)17(3)27(14-18-6-5-7-19(25)12-18)23(29)15-28(35(4,31)32)20-8-9-21-22(13-20)34-11-10-33-21/h5-9,12-13,16-17H,10-11,14-15H2,1-4H3,(H,26,30). The summed E-state index contributed by atoms with van der Waals surface area (Å²) in [6.45, 7) is 5.69. The van der Waals surface area contributed by atoms with Gasteiger partial charge in [-0.2, -0.15) is 0 Å². The lowest BCUT2D eigenvalue weighted by molar-refractivity contribution is -0.139. The average molecular weight is 568 g/mol. The summed E-state index contributed by atoms with van der Waals surface area (Å²) < 4.78 is 38.3. The highest BCUT2D eigenvalue weighted by Gasteiger charge is 2.31. The molecule has 2 aromatic rings. The average Bonchev–Trinajstić information content (AvgIpc) is 2.79. The van der Waals surface area contributed by atoms with Crippen molar-refractivity contribution in [3.63, 3.8) is 0 Å². The van der Waals surface area contributed by atoms with Crippen LogP contribution >= 0.6 is 15.9 Å². The Morgan fingerprint density at radius 2 is 1.74 bits per heavy atom. The molecule has 190 valence electrons. The molecule has 0 saturated carbocycles. The molecule has 1 unspecified atom stereocenters. The first-order chi connectivity index (χ1) is 16.5. The number of sulfonamides is 1. The van der Waals surface area contributed by atoms with Gasteiger partial charge >= 0.3 is 0 Å². The van der Waals surface area contributed by atoms with Crippen molar-refractivity contribution in [3.8, 4) is 11.5 Å². The number of halogens is 1. The van der Waals surface area contributed by atoms with E-state index in [-0.39, 0.29) is 24.2 Å². The second-order valence-electron chi connectivity index (χ2n) is 8.59. The molecule has 1 atom stereocenters. The summed E-state index contributed by atoms with van der Waals surface area (Å²) in [7, 11) is -3.84. The van der Waals surface area contributed by atoms with Crippen LogP contribution in [0.1, 0.15) is 26.3 Å². The van der Waals surface area contributed by atoms with Crippen LogP contribution < -0.4 is 19.1 Å².